The largest absolute Gasteiger partial charge is 0.756 e. The third-order valence-corrected chi connectivity index (χ3v) is 14.2. The van der Waals surface area contributed by atoms with Crippen LogP contribution in [0.25, 0.3) is 0 Å². The highest BCUT2D eigenvalue weighted by molar-refractivity contribution is 7.45. The fourth-order valence-electron chi connectivity index (χ4n) is 8.40. The van der Waals surface area contributed by atoms with Crippen LogP contribution in [0.4, 0.5) is 0 Å². The van der Waals surface area contributed by atoms with Gasteiger partial charge >= 0.3 is 5.97 Å². The van der Waals surface area contributed by atoms with Crippen LogP contribution in [0.15, 0.2) is 109 Å². The molecule has 0 saturated carbocycles. The number of likely N-dealkylation sites (N-methyl/N-ethyl adjacent to an activating group) is 1. The predicted octanol–water partition coefficient (Wildman–Crippen LogP) is 18.7. The fraction of sp³-hybridized carbons (Fsp3) is 0.701. The van der Waals surface area contributed by atoms with E-state index in [-0.39, 0.29) is 31.3 Å². The number of phosphoric ester groups is 1. The number of quaternary nitrogens is 1. The summed E-state index contributed by atoms with van der Waals surface area (Å²) >= 11 is 0. The second-order valence-corrected chi connectivity index (χ2v) is 23.2. The number of nitrogens with one attached hydrogen (secondary N) is 1. The summed E-state index contributed by atoms with van der Waals surface area (Å²) < 4.78 is 30.2. The monoisotopic (exact) mass is 1090 g/mol. The first-order valence-electron chi connectivity index (χ1n) is 31.2. The number of hydrogen-bond acceptors (Lipinski definition) is 7. The molecule has 0 aromatic heterocycles. The first-order chi connectivity index (χ1) is 37.4. The van der Waals surface area contributed by atoms with E-state index in [4.69, 9.17) is 13.8 Å². The summed E-state index contributed by atoms with van der Waals surface area (Å²) in [5, 5.41) is 2.98. The molecule has 0 spiro atoms. The van der Waals surface area contributed by atoms with Gasteiger partial charge in [-0.1, -0.05) is 246 Å². The van der Waals surface area contributed by atoms with E-state index in [2.05, 4.69) is 117 Å². The minimum atomic E-state index is -4.72. The van der Waals surface area contributed by atoms with Crippen LogP contribution in [0.3, 0.4) is 0 Å². The Balaban J connectivity index is 5.15. The molecule has 0 fully saturated rings. The third-order valence-electron chi connectivity index (χ3n) is 13.2. The van der Waals surface area contributed by atoms with E-state index >= 15 is 0 Å². The van der Waals surface area contributed by atoms with E-state index in [0.717, 1.165) is 96.3 Å². The van der Waals surface area contributed by atoms with E-state index in [1.807, 2.05) is 39.4 Å². The molecule has 1 amide bonds. The zero-order chi connectivity index (χ0) is 56.4. The molecule has 1 N–H and O–H groups in total. The number of carbonyl (C=O) groups is 2. The zero-order valence-electron chi connectivity index (χ0n) is 50.4. The van der Waals surface area contributed by atoms with Crippen LogP contribution in [-0.4, -0.2) is 69.4 Å². The van der Waals surface area contributed by atoms with E-state index in [0.29, 0.717) is 23.9 Å². The van der Waals surface area contributed by atoms with Crippen molar-refractivity contribution in [1.82, 2.24) is 5.32 Å². The average molecular weight is 1090 g/mol. The van der Waals surface area contributed by atoms with Gasteiger partial charge in [0.2, 0.25) is 5.91 Å². The number of nitrogens with zero attached hydrogens (tertiary/aromatic N) is 1. The predicted molar refractivity (Wildman–Crippen MR) is 330 cm³/mol. The van der Waals surface area contributed by atoms with Crippen molar-refractivity contribution in [3.8, 4) is 0 Å². The lowest BCUT2D eigenvalue weighted by Gasteiger charge is -2.30. The van der Waals surface area contributed by atoms with Gasteiger partial charge in [0.05, 0.1) is 33.8 Å². The molecule has 0 aliphatic heterocycles. The molecule has 10 heteroatoms. The Kier molecular flexibility index (Phi) is 53.5. The maximum absolute atomic E-state index is 13.4. The molecule has 442 valence electrons. The Bertz CT molecular complexity index is 1690. The minimum Gasteiger partial charge on any atom is -0.756 e. The maximum Gasteiger partial charge on any atom is 0.306 e. The van der Waals surface area contributed by atoms with Crippen LogP contribution in [-0.2, 0) is 27.9 Å². The fourth-order valence-corrected chi connectivity index (χ4v) is 9.12. The summed E-state index contributed by atoms with van der Waals surface area (Å²) in [7, 11) is 1.14. The van der Waals surface area contributed by atoms with E-state index < -0.39 is 26.6 Å². The summed E-state index contributed by atoms with van der Waals surface area (Å²) in [6, 6.07) is -0.927. The van der Waals surface area contributed by atoms with Gasteiger partial charge in [-0.15, -0.1) is 0 Å². The van der Waals surface area contributed by atoms with Crippen LogP contribution in [0, 0.1) is 0 Å². The molecule has 0 saturated heterocycles. The average Bonchev–Trinajstić information content (AvgIpc) is 3.39. The lowest BCUT2D eigenvalue weighted by atomic mass is 10.1. The van der Waals surface area contributed by atoms with Gasteiger partial charge < -0.3 is 28.5 Å². The number of phosphoric acid groups is 1. The molecule has 0 heterocycles. The molecule has 3 unspecified atom stereocenters. The Morgan fingerprint density at radius 3 is 1.27 bits per heavy atom. The lowest BCUT2D eigenvalue weighted by Crippen LogP contribution is -2.47. The molecule has 9 nitrogen and oxygen atoms in total. The summed E-state index contributed by atoms with van der Waals surface area (Å²) in [6.45, 7) is 6.65. The number of allylic oxidation sites excluding steroid dienone is 17. The Hall–Kier alpha value is -3.33. The lowest BCUT2D eigenvalue weighted by molar-refractivity contribution is -0.870. The summed E-state index contributed by atoms with van der Waals surface area (Å²) in [6.07, 6.45) is 76.5. The van der Waals surface area contributed by atoms with Crippen LogP contribution >= 0.6 is 7.82 Å². The minimum absolute atomic E-state index is 0.0377. The van der Waals surface area contributed by atoms with Gasteiger partial charge in [-0.05, 0) is 102 Å². The van der Waals surface area contributed by atoms with Crippen molar-refractivity contribution in [2.75, 3.05) is 40.9 Å². The molecular weight excluding hydrogens is 976 g/mol. The molecule has 0 radical (unpaired) electrons. The SMILES string of the molecule is CC/C=C\C/C=C\C/C=C\C/C=C\C/C=C\C/C=C\CCCCCCCCCCC(=O)OC(/C=C\CCCCCCCCCCC)C(COP(=O)([O-])OCC[N+](C)(C)C)NC(=O)CC/C=C/C/C=C\CCCCCCCC. The number of rotatable bonds is 55. The quantitative estimate of drug-likeness (QED) is 0.0212. The molecular formula is C67H117N2O7P. The van der Waals surface area contributed by atoms with Gasteiger partial charge in [0, 0.05) is 12.8 Å². The first-order valence-corrected chi connectivity index (χ1v) is 32.7. The van der Waals surface area contributed by atoms with Crippen molar-refractivity contribution in [3.05, 3.63) is 109 Å². The Labute approximate surface area is 474 Å². The van der Waals surface area contributed by atoms with Gasteiger partial charge in [-0.25, -0.2) is 0 Å². The van der Waals surface area contributed by atoms with E-state index in [9.17, 15) is 19.0 Å². The van der Waals surface area contributed by atoms with Gasteiger partial charge in [0.1, 0.15) is 19.3 Å². The molecule has 0 aromatic carbocycles. The van der Waals surface area contributed by atoms with Crippen molar-refractivity contribution in [3.63, 3.8) is 0 Å². The highest BCUT2D eigenvalue weighted by Crippen LogP contribution is 2.38. The molecule has 0 aliphatic rings. The second-order valence-electron chi connectivity index (χ2n) is 21.8. The topological polar surface area (TPSA) is 114 Å². The number of unbranched alkanes of at least 4 members (excludes halogenated alkanes) is 23. The van der Waals surface area contributed by atoms with Crippen molar-refractivity contribution in [2.24, 2.45) is 0 Å². The highest BCUT2D eigenvalue weighted by atomic mass is 31.2. The molecule has 77 heavy (non-hydrogen) atoms. The van der Waals surface area contributed by atoms with E-state index in [1.165, 1.54) is 109 Å². The number of amides is 1. The Morgan fingerprint density at radius 1 is 0.468 bits per heavy atom. The molecule has 0 bridgehead atoms. The van der Waals surface area contributed by atoms with Crippen LogP contribution < -0.4 is 10.2 Å². The summed E-state index contributed by atoms with van der Waals surface area (Å²) in [5.41, 5.74) is 0. The summed E-state index contributed by atoms with van der Waals surface area (Å²) in [4.78, 5) is 39.9. The molecule has 0 aliphatic carbocycles. The van der Waals surface area contributed by atoms with E-state index in [1.54, 1.807) is 0 Å². The molecule has 0 rings (SSSR count). The Morgan fingerprint density at radius 2 is 0.844 bits per heavy atom. The third kappa shape index (κ3) is 57.2. The molecule has 3 atom stereocenters. The maximum atomic E-state index is 13.4. The van der Waals surface area contributed by atoms with Gasteiger partial charge in [-0.2, -0.15) is 0 Å². The normalized spacial score (nSPS) is 14.4. The number of hydrogen-bond donors (Lipinski definition) is 1. The molecule has 0 aromatic rings. The van der Waals surface area contributed by atoms with Gasteiger partial charge in [-0.3, -0.25) is 14.2 Å². The van der Waals surface area contributed by atoms with Gasteiger partial charge in [0.15, 0.2) is 0 Å². The zero-order valence-corrected chi connectivity index (χ0v) is 51.3. The number of esters is 1. The second kappa shape index (κ2) is 56.0. The van der Waals surface area contributed by atoms with Crippen LogP contribution in [0.1, 0.15) is 252 Å². The highest BCUT2D eigenvalue weighted by Gasteiger charge is 2.27. The first kappa shape index (κ1) is 73.7. The van der Waals surface area contributed by atoms with Crippen LogP contribution in [0.2, 0.25) is 0 Å². The summed E-state index contributed by atoms with van der Waals surface area (Å²) in [5.74, 6) is -0.635. The van der Waals surface area contributed by atoms with Crippen LogP contribution in [0.5, 0.6) is 0 Å². The number of ether oxygens (including phenoxy) is 1. The standard InChI is InChI=1S/C67H117N2O7P/c1-7-10-13-16-19-22-25-27-28-29-30-31-32-33-34-35-36-37-38-39-40-42-45-48-51-54-57-60-67(71)76-65(58-55-52-49-46-43-24-21-18-15-12-9-3)64(63-75-77(72,73)74-62-61-69(4,5)6)68-66(70)59-56-53-50-47-44-41-26-23-20-17-14-11-8-2/h10,13,19,22,27-28,30-31,33-34,36-37,41,44,50,53,55,58,64-65H,7-9,11-12,14-18,20-21,23-26,29,32,35,38-40,42-43,45-49,51-52,54,56-57,59-63H2,1-6H3,(H-,68,70,72,73)/b13-10-,22-19-,28-27-,31-30-,34-33-,37-36-,44-41-,53-50+,58-55-. The van der Waals surface area contributed by atoms with Crippen molar-refractivity contribution in [2.45, 2.75) is 264 Å². The number of carbonyl (C=O) groups excluding carboxylic acids is 2. The van der Waals surface area contributed by atoms with Crippen molar-refractivity contribution in [1.29, 1.82) is 0 Å². The van der Waals surface area contributed by atoms with Crippen molar-refractivity contribution >= 4 is 19.7 Å². The van der Waals surface area contributed by atoms with Gasteiger partial charge in [0.25, 0.3) is 7.82 Å². The van der Waals surface area contributed by atoms with Crippen molar-refractivity contribution < 1.29 is 37.3 Å². The smallest absolute Gasteiger partial charge is 0.306 e.